The Kier molecular flexibility index (Phi) is 2.08. The predicted octanol–water partition coefficient (Wildman–Crippen LogP) is 0.807. The molecule has 0 aliphatic rings. The van der Waals surface area contributed by atoms with Crippen LogP contribution in [0.25, 0.3) is 0 Å². The first-order valence-corrected chi connectivity index (χ1v) is 4.87. The van der Waals surface area contributed by atoms with Crippen molar-refractivity contribution < 1.29 is 17.8 Å². The second-order valence-electron chi connectivity index (χ2n) is 1.78. The molecule has 0 radical (unpaired) electrons. The molecule has 0 saturated heterocycles. The summed E-state index contributed by atoms with van der Waals surface area (Å²) in [4.78, 5) is 10.1. The third-order valence-electron chi connectivity index (χ3n) is 1.01. The molecule has 11 heavy (non-hydrogen) atoms. The van der Waals surface area contributed by atoms with Crippen LogP contribution in [0.2, 0.25) is 0 Å². The molecule has 1 heterocycles. The average Bonchev–Trinajstić information content (AvgIpc) is 2.32. The highest BCUT2D eigenvalue weighted by Crippen LogP contribution is 2.16. The fourth-order valence-corrected chi connectivity index (χ4v) is 2.08. The summed E-state index contributed by atoms with van der Waals surface area (Å²) in [5, 5.41) is 1.21. The van der Waals surface area contributed by atoms with Gasteiger partial charge in [-0.3, -0.25) is 9.35 Å². The zero-order chi connectivity index (χ0) is 8.48. The first-order chi connectivity index (χ1) is 5.04. The lowest BCUT2D eigenvalue weighted by molar-refractivity contribution is 0.112. The van der Waals surface area contributed by atoms with E-state index in [1.807, 2.05) is 0 Å². The minimum atomic E-state index is -4.14. The fraction of sp³-hybridized carbons (Fsp3) is 0. The van der Waals surface area contributed by atoms with E-state index in [2.05, 4.69) is 0 Å². The third kappa shape index (κ3) is 1.86. The zero-order valence-corrected chi connectivity index (χ0v) is 6.85. The van der Waals surface area contributed by atoms with Crippen LogP contribution in [0.5, 0.6) is 0 Å². The van der Waals surface area contributed by atoms with Gasteiger partial charge >= 0.3 is 0 Å². The Hall–Kier alpha value is -0.720. The Morgan fingerprint density at radius 1 is 1.55 bits per heavy atom. The molecule has 4 nitrogen and oxygen atoms in total. The van der Waals surface area contributed by atoms with Crippen molar-refractivity contribution in [1.82, 2.24) is 0 Å². The molecular formula is C5H4O4S2. The van der Waals surface area contributed by atoms with Crippen molar-refractivity contribution >= 4 is 27.7 Å². The lowest BCUT2D eigenvalue weighted by Crippen LogP contribution is -1.94. The van der Waals surface area contributed by atoms with Crippen LogP contribution in [0.4, 0.5) is 0 Å². The molecule has 0 aliphatic carbocycles. The second-order valence-corrected chi connectivity index (χ2v) is 4.14. The molecule has 0 unspecified atom stereocenters. The van der Waals surface area contributed by atoms with E-state index in [0.717, 1.165) is 17.4 Å². The highest BCUT2D eigenvalue weighted by molar-refractivity contribution is 7.86. The van der Waals surface area contributed by atoms with Crippen LogP contribution in [0.3, 0.4) is 0 Å². The maximum absolute atomic E-state index is 10.4. The lowest BCUT2D eigenvalue weighted by atomic mass is 10.5. The smallest absolute Gasteiger partial charge is 0.295 e. The molecule has 0 fully saturated rings. The van der Waals surface area contributed by atoms with Gasteiger partial charge < -0.3 is 0 Å². The monoisotopic (exact) mass is 192 g/mol. The van der Waals surface area contributed by atoms with Gasteiger partial charge in [0.25, 0.3) is 10.1 Å². The largest absolute Gasteiger partial charge is 0.297 e. The summed E-state index contributed by atoms with van der Waals surface area (Å²) >= 11 is 0.969. The number of hydrogen-bond donors (Lipinski definition) is 1. The molecule has 0 spiro atoms. The molecule has 0 bridgehead atoms. The Labute approximate surface area is 67.2 Å². The molecule has 0 atom stereocenters. The van der Waals surface area contributed by atoms with Gasteiger partial charge in [-0.15, -0.1) is 11.3 Å². The van der Waals surface area contributed by atoms with Crippen molar-refractivity contribution in [2.75, 3.05) is 0 Å². The molecule has 1 aromatic heterocycles. The summed E-state index contributed by atoms with van der Waals surface area (Å²) < 4.78 is 29.3. The number of carbonyl (C=O) groups is 1. The molecule has 0 amide bonds. The van der Waals surface area contributed by atoms with Crippen molar-refractivity contribution in [2.45, 2.75) is 4.90 Å². The number of thiophene rings is 1. The van der Waals surface area contributed by atoms with Gasteiger partial charge in [-0.1, -0.05) is 0 Å². The van der Waals surface area contributed by atoms with Crippen LogP contribution < -0.4 is 0 Å². The van der Waals surface area contributed by atoms with E-state index in [4.69, 9.17) is 4.55 Å². The molecular weight excluding hydrogens is 188 g/mol. The van der Waals surface area contributed by atoms with Crippen LogP contribution in [0.15, 0.2) is 16.3 Å². The minimum absolute atomic E-state index is 0.232. The van der Waals surface area contributed by atoms with Crippen LogP contribution in [-0.2, 0) is 10.1 Å². The lowest BCUT2D eigenvalue weighted by Gasteiger charge is -1.85. The van der Waals surface area contributed by atoms with Gasteiger partial charge in [0.15, 0.2) is 6.29 Å². The number of carbonyl (C=O) groups excluding carboxylic acids is 1. The summed E-state index contributed by atoms with van der Waals surface area (Å²) in [5.41, 5.74) is 0. The number of hydrogen-bond acceptors (Lipinski definition) is 4. The van der Waals surface area contributed by atoms with Crippen molar-refractivity contribution in [2.24, 2.45) is 0 Å². The average molecular weight is 192 g/mol. The summed E-state index contributed by atoms with van der Waals surface area (Å²) in [7, 11) is -4.14. The predicted molar refractivity (Wildman–Crippen MR) is 39.5 cm³/mol. The highest BCUT2D eigenvalue weighted by atomic mass is 32.2. The molecule has 1 aromatic rings. The van der Waals surface area contributed by atoms with E-state index in [0.29, 0.717) is 6.29 Å². The van der Waals surface area contributed by atoms with Crippen LogP contribution in [0, 0.1) is 0 Å². The van der Waals surface area contributed by atoms with Gasteiger partial charge in [-0.2, -0.15) is 8.42 Å². The first-order valence-electron chi connectivity index (χ1n) is 2.55. The van der Waals surface area contributed by atoms with Crippen LogP contribution in [0.1, 0.15) is 9.67 Å². The van der Waals surface area contributed by atoms with Gasteiger partial charge in [-0.05, 0) is 6.07 Å². The molecule has 60 valence electrons. The normalized spacial score (nSPS) is 11.4. The second kappa shape index (κ2) is 2.72. The Morgan fingerprint density at radius 3 is 2.45 bits per heavy atom. The van der Waals surface area contributed by atoms with Gasteiger partial charge in [0.2, 0.25) is 0 Å². The van der Waals surface area contributed by atoms with Crippen LogP contribution >= 0.6 is 11.3 Å². The Bertz CT molecular complexity index is 362. The van der Waals surface area contributed by atoms with E-state index >= 15 is 0 Å². The maximum atomic E-state index is 10.4. The molecule has 1 rings (SSSR count). The molecule has 1 N–H and O–H groups in total. The quantitative estimate of drug-likeness (QED) is 0.556. The third-order valence-corrected chi connectivity index (χ3v) is 2.85. The van der Waals surface area contributed by atoms with E-state index in [1.165, 1.54) is 5.38 Å². The zero-order valence-electron chi connectivity index (χ0n) is 5.22. The van der Waals surface area contributed by atoms with E-state index < -0.39 is 10.1 Å². The van der Waals surface area contributed by atoms with Crippen LogP contribution in [-0.4, -0.2) is 19.3 Å². The Morgan fingerprint density at radius 2 is 2.18 bits per heavy atom. The van der Waals surface area contributed by atoms with Crippen molar-refractivity contribution in [1.29, 1.82) is 0 Å². The first kappa shape index (κ1) is 8.38. The molecule has 0 aromatic carbocycles. The minimum Gasteiger partial charge on any atom is -0.297 e. The highest BCUT2D eigenvalue weighted by Gasteiger charge is 2.11. The summed E-state index contributed by atoms with van der Waals surface area (Å²) in [5.74, 6) is 0. The summed E-state index contributed by atoms with van der Waals surface area (Å²) in [6, 6.07) is 1.12. The standard InChI is InChI=1S/C5H4O4S2/c6-2-4-1-5(3-10-4)11(7,8)9/h1-3H,(H,7,8,9). The van der Waals surface area contributed by atoms with Gasteiger partial charge in [-0.25, -0.2) is 0 Å². The maximum Gasteiger partial charge on any atom is 0.295 e. The van der Waals surface area contributed by atoms with E-state index in [9.17, 15) is 13.2 Å². The Balaban J connectivity index is 3.18. The van der Waals surface area contributed by atoms with Crippen molar-refractivity contribution in [3.05, 3.63) is 16.3 Å². The molecule has 0 saturated carbocycles. The summed E-state index contributed by atoms with van der Waals surface area (Å²) in [6.07, 6.45) is 0.527. The number of rotatable bonds is 2. The SMILES string of the molecule is O=Cc1cc(S(=O)(=O)O)cs1. The van der Waals surface area contributed by atoms with Gasteiger partial charge in [0.05, 0.1) is 4.88 Å². The van der Waals surface area contributed by atoms with E-state index in [1.54, 1.807) is 0 Å². The fourth-order valence-electron chi connectivity index (χ4n) is 0.531. The molecule has 0 aliphatic heterocycles. The van der Waals surface area contributed by atoms with E-state index in [-0.39, 0.29) is 9.77 Å². The van der Waals surface area contributed by atoms with Gasteiger partial charge in [0.1, 0.15) is 4.90 Å². The topological polar surface area (TPSA) is 71.4 Å². The van der Waals surface area contributed by atoms with Crippen molar-refractivity contribution in [3.8, 4) is 0 Å². The number of aldehydes is 1. The van der Waals surface area contributed by atoms with Gasteiger partial charge in [0, 0.05) is 5.38 Å². The molecule has 6 heteroatoms. The summed E-state index contributed by atoms with van der Waals surface area (Å²) in [6.45, 7) is 0. The van der Waals surface area contributed by atoms with Crippen molar-refractivity contribution in [3.63, 3.8) is 0 Å².